The standard InChI is InChI=1S/C21H17FN2O2/c1-2-3-7-12-26-19-14-16-13-15(10-11-18(16)24-20(19)22)21(25)23-17-8-5-4-6-9-17/h1,4-6,8-11,13-14H,3,7,12H2,(H,23,25). The van der Waals surface area contributed by atoms with Crippen molar-refractivity contribution < 1.29 is 13.9 Å². The van der Waals surface area contributed by atoms with Crippen molar-refractivity contribution in [2.75, 3.05) is 11.9 Å². The van der Waals surface area contributed by atoms with E-state index in [1.54, 1.807) is 36.4 Å². The van der Waals surface area contributed by atoms with Gasteiger partial charge in [0, 0.05) is 23.1 Å². The second kappa shape index (κ2) is 8.13. The third-order valence-electron chi connectivity index (χ3n) is 3.75. The van der Waals surface area contributed by atoms with Crippen LogP contribution in [0.4, 0.5) is 10.1 Å². The number of nitrogens with one attached hydrogen (secondary N) is 1. The highest BCUT2D eigenvalue weighted by Crippen LogP contribution is 2.23. The first-order valence-corrected chi connectivity index (χ1v) is 8.20. The van der Waals surface area contributed by atoms with E-state index in [0.29, 0.717) is 41.6 Å². The molecule has 3 rings (SSSR count). The molecule has 130 valence electrons. The Hall–Kier alpha value is -3.39. The van der Waals surface area contributed by atoms with E-state index in [2.05, 4.69) is 16.2 Å². The van der Waals surface area contributed by atoms with E-state index in [0.717, 1.165) is 0 Å². The predicted molar refractivity (Wildman–Crippen MR) is 99.7 cm³/mol. The molecule has 0 aliphatic carbocycles. The topological polar surface area (TPSA) is 51.2 Å². The zero-order chi connectivity index (χ0) is 18.4. The molecule has 0 saturated carbocycles. The van der Waals surface area contributed by atoms with Gasteiger partial charge in [-0.2, -0.15) is 4.39 Å². The molecule has 0 spiro atoms. The lowest BCUT2D eigenvalue weighted by molar-refractivity contribution is 0.102. The van der Waals surface area contributed by atoms with E-state index in [1.807, 2.05) is 18.2 Å². The molecule has 1 N–H and O–H groups in total. The number of fused-ring (bicyclic) bond motifs is 1. The fraction of sp³-hybridized carbons (Fsp3) is 0.143. The van der Waals surface area contributed by atoms with Gasteiger partial charge in [0.15, 0.2) is 5.75 Å². The van der Waals surface area contributed by atoms with Crippen LogP contribution in [0.25, 0.3) is 10.9 Å². The molecular weight excluding hydrogens is 331 g/mol. The second-order valence-corrected chi connectivity index (χ2v) is 5.66. The number of benzene rings is 2. The molecule has 26 heavy (non-hydrogen) atoms. The molecule has 5 heteroatoms. The molecular formula is C21H17FN2O2. The Morgan fingerprint density at radius 2 is 2.00 bits per heavy atom. The van der Waals surface area contributed by atoms with Crippen LogP contribution in [-0.4, -0.2) is 17.5 Å². The average molecular weight is 348 g/mol. The number of hydrogen-bond acceptors (Lipinski definition) is 3. The molecule has 1 aromatic heterocycles. The number of hydrogen-bond donors (Lipinski definition) is 1. The van der Waals surface area contributed by atoms with Gasteiger partial charge in [-0.25, -0.2) is 4.98 Å². The smallest absolute Gasteiger partial charge is 0.255 e. The van der Waals surface area contributed by atoms with Crippen molar-refractivity contribution in [3.8, 4) is 18.1 Å². The molecule has 0 bridgehead atoms. The lowest BCUT2D eigenvalue weighted by Gasteiger charge is -2.09. The normalized spacial score (nSPS) is 10.3. The van der Waals surface area contributed by atoms with Crippen LogP contribution in [0.15, 0.2) is 54.6 Å². The molecule has 0 atom stereocenters. The fourth-order valence-electron chi connectivity index (χ4n) is 2.46. The predicted octanol–water partition coefficient (Wildman–Crippen LogP) is 4.42. The number of para-hydroxylation sites is 1. The van der Waals surface area contributed by atoms with Crippen LogP contribution in [0.2, 0.25) is 0 Å². The fourth-order valence-corrected chi connectivity index (χ4v) is 2.46. The minimum absolute atomic E-state index is 0.0511. The van der Waals surface area contributed by atoms with Crippen LogP contribution < -0.4 is 10.1 Å². The van der Waals surface area contributed by atoms with Crippen molar-refractivity contribution in [2.45, 2.75) is 12.8 Å². The molecule has 1 amide bonds. The highest BCUT2D eigenvalue weighted by molar-refractivity contribution is 6.06. The molecule has 2 aromatic carbocycles. The third kappa shape index (κ3) is 4.17. The number of carbonyl (C=O) groups is 1. The van der Waals surface area contributed by atoms with E-state index in [9.17, 15) is 9.18 Å². The summed E-state index contributed by atoms with van der Waals surface area (Å²) >= 11 is 0. The lowest BCUT2D eigenvalue weighted by atomic mass is 10.1. The lowest BCUT2D eigenvalue weighted by Crippen LogP contribution is -2.11. The van der Waals surface area contributed by atoms with E-state index in [-0.39, 0.29) is 11.7 Å². The minimum atomic E-state index is -0.681. The van der Waals surface area contributed by atoms with Gasteiger partial charge in [0.05, 0.1) is 12.1 Å². The van der Waals surface area contributed by atoms with Gasteiger partial charge in [-0.1, -0.05) is 18.2 Å². The van der Waals surface area contributed by atoms with Crippen LogP contribution in [0.3, 0.4) is 0 Å². The summed E-state index contributed by atoms with van der Waals surface area (Å²) in [5.74, 6) is 1.62. The van der Waals surface area contributed by atoms with E-state index in [4.69, 9.17) is 11.2 Å². The number of pyridine rings is 1. The Labute approximate surface area is 151 Å². The van der Waals surface area contributed by atoms with Crippen LogP contribution in [0.1, 0.15) is 23.2 Å². The molecule has 4 nitrogen and oxygen atoms in total. The van der Waals surface area contributed by atoms with E-state index < -0.39 is 5.95 Å². The first kappa shape index (κ1) is 17.4. The number of ether oxygens (including phenoxy) is 1. The minimum Gasteiger partial charge on any atom is -0.489 e. The SMILES string of the molecule is C#CCCCOc1cc2cc(C(=O)Nc3ccccc3)ccc2nc1F. The third-order valence-corrected chi connectivity index (χ3v) is 3.75. The Morgan fingerprint density at radius 1 is 1.19 bits per heavy atom. The molecule has 0 aliphatic rings. The van der Waals surface area contributed by atoms with Gasteiger partial charge >= 0.3 is 0 Å². The molecule has 0 aliphatic heterocycles. The van der Waals surface area contributed by atoms with Crippen molar-refractivity contribution >= 4 is 22.5 Å². The highest BCUT2D eigenvalue weighted by atomic mass is 19.1. The number of rotatable bonds is 6. The maximum absolute atomic E-state index is 14.0. The quantitative estimate of drug-likeness (QED) is 0.408. The largest absolute Gasteiger partial charge is 0.489 e. The number of aromatic nitrogens is 1. The van der Waals surface area contributed by atoms with Gasteiger partial charge in [0.2, 0.25) is 0 Å². The number of amides is 1. The van der Waals surface area contributed by atoms with Gasteiger partial charge < -0.3 is 10.1 Å². The summed E-state index contributed by atoms with van der Waals surface area (Å²) in [6, 6.07) is 15.6. The molecule has 3 aromatic rings. The zero-order valence-electron chi connectivity index (χ0n) is 14.0. The monoisotopic (exact) mass is 348 g/mol. The molecule has 0 saturated heterocycles. The number of carbonyl (C=O) groups excluding carboxylic acids is 1. The highest BCUT2D eigenvalue weighted by Gasteiger charge is 2.11. The van der Waals surface area contributed by atoms with Crippen molar-refractivity contribution in [1.29, 1.82) is 0 Å². The van der Waals surface area contributed by atoms with E-state index in [1.165, 1.54) is 0 Å². The van der Waals surface area contributed by atoms with Gasteiger partial charge in [-0.3, -0.25) is 4.79 Å². The number of terminal acetylenes is 1. The summed E-state index contributed by atoms with van der Waals surface area (Å²) in [4.78, 5) is 16.3. The summed E-state index contributed by atoms with van der Waals surface area (Å²) in [5, 5.41) is 3.44. The summed E-state index contributed by atoms with van der Waals surface area (Å²) < 4.78 is 19.4. The first-order valence-electron chi connectivity index (χ1n) is 8.20. The van der Waals surface area contributed by atoms with Gasteiger partial charge in [-0.05, 0) is 42.8 Å². The van der Waals surface area contributed by atoms with Crippen LogP contribution in [0.5, 0.6) is 5.75 Å². The number of nitrogens with zero attached hydrogens (tertiary/aromatic N) is 1. The van der Waals surface area contributed by atoms with Crippen molar-refractivity contribution in [3.05, 3.63) is 66.1 Å². The Balaban J connectivity index is 1.81. The summed E-state index contributed by atoms with van der Waals surface area (Å²) in [5.41, 5.74) is 1.61. The van der Waals surface area contributed by atoms with Gasteiger partial charge in [0.1, 0.15) is 0 Å². The summed E-state index contributed by atoms with van der Waals surface area (Å²) in [6.45, 7) is 0.308. The van der Waals surface area contributed by atoms with Crippen LogP contribution >= 0.6 is 0 Å². The van der Waals surface area contributed by atoms with Crippen molar-refractivity contribution in [2.24, 2.45) is 0 Å². The number of halogens is 1. The molecule has 1 heterocycles. The Kier molecular flexibility index (Phi) is 5.45. The number of anilines is 1. The number of unbranched alkanes of at least 4 members (excludes halogenated alkanes) is 1. The summed E-state index contributed by atoms with van der Waals surface area (Å²) in [7, 11) is 0. The maximum atomic E-state index is 14.0. The van der Waals surface area contributed by atoms with E-state index >= 15 is 0 Å². The maximum Gasteiger partial charge on any atom is 0.255 e. The Bertz CT molecular complexity index is 965. The molecule has 0 unspecified atom stereocenters. The van der Waals surface area contributed by atoms with Crippen molar-refractivity contribution in [3.63, 3.8) is 0 Å². The first-order chi connectivity index (χ1) is 12.7. The van der Waals surface area contributed by atoms with Crippen LogP contribution in [0, 0.1) is 18.3 Å². The van der Waals surface area contributed by atoms with Crippen LogP contribution in [-0.2, 0) is 0 Å². The zero-order valence-corrected chi connectivity index (χ0v) is 14.0. The molecule has 0 fully saturated rings. The van der Waals surface area contributed by atoms with Gasteiger partial charge in [-0.15, -0.1) is 12.3 Å². The summed E-state index contributed by atoms with van der Waals surface area (Å²) in [6.07, 6.45) is 6.38. The second-order valence-electron chi connectivity index (χ2n) is 5.66. The molecule has 0 radical (unpaired) electrons. The average Bonchev–Trinajstić information content (AvgIpc) is 2.66. The van der Waals surface area contributed by atoms with Crippen molar-refractivity contribution in [1.82, 2.24) is 4.98 Å². The van der Waals surface area contributed by atoms with Gasteiger partial charge in [0.25, 0.3) is 11.9 Å². The Morgan fingerprint density at radius 3 is 2.77 bits per heavy atom.